The third kappa shape index (κ3) is 2.42. The molecule has 0 bridgehead atoms. The molecule has 19 heavy (non-hydrogen) atoms. The van der Waals surface area contributed by atoms with Gasteiger partial charge in [-0.25, -0.2) is 20.1 Å². The maximum absolute atomic E-state index is 12.1. The Kier molecular flexibility index (Phi) is 2.90. The number of pyridine rings is 2. The van der Waals surface area contributed by atoms with Gasteiger partial charge >= 0.3 is 5.91 Å². The lowest BCUT2D eigenvalue weighted by molar-refractivity contribution is -0.360. The number of H-pyrrole nitrogens is 1. The number of amides is 1. The highest BCUT2D eigenvalue weighted by molar-refractivity contribution is 6.03. The van der Waals surface area contributed by atoms with Crippen LogP contribution in [-0.4, -0.2) is 10.9 Å². The number of anilines is 1. The molecule has 2 heterocycles. The zero-order valence-electron chi connectivity index (χ0n) is 10.1. The Morgan fingerprint density at radius 2 is 1.84 bits per heavy atom. The number of carbonyl (C=O) groups excluding carboxylic acids is 1. The van der Waals surface area contributed by atoms with Gasteiger partial charge in [-0.3, -0.25) is 0 Å². The van der Waals surface area contributed by atoms with Gasteiger partial charge in [-0.05, 0) is 18.2 Å². The van der Waals surface area contributed by atoms with Crippen molar-refractivity contribution in [2.45, 2.75) is 0 Å². The van der Waals surface area contributed by atoms with Gasteiger partial charge < -0.3 is 0 Å². The second-order valence-electron chi connectivity index (χ2n) is 4.12. The van der Waals surface area contributed by atoms with Crippen molar-refractivity contribution >= 4 is 22.6 Å². The number of aromatic amines is 1. The quantitative estimate of drug-likeness (QED) is 0.758. The number of nitrogens with one attached hydrogen (secondary N) is 2. The van der Waals surface area contributed by atoms with Gasteiger partial charge in [-0.2, -0.15) is 0 Å². The number of rotatable bonds is 2. The van der Waals surface area contributed by atoms with Gasteiger partial charge in [0, 0.05) is 11.5 Å². The number of hydrogen-bond acceptors (Lipinski definition) is 2. The number of para-hydroxylation sites is 1. The SMILES string of the molecule is O=C(Nc1cccc[nH+]1)c1ccc2ccccc2n1. The van der Waals surface area contributed by atoms with Crippen molar-refractivity contribution < 1.29 is 9.78 Å². The molecule has 3 aromatic rings. The van der Waals surface area contributed by atoms with Crippen molar-refractivity contribution in [3.8, 4) is 0 Å². The van der Waals surface area contributed by atoms with Crippen molar-refractivity contribution in [3.05, 3.63) is 66.5 Å². The largest absolute Gasteiger partial charge is 0.357 e. The van der Waals surface area contributed by atoms with Crippen LogP contribution in [0.4, 0.5) is 5.82 Å². The summed E-state index contributed by atoms with van der Waals surface area (Å²) in [5.74, 6) is 0.413. The number of nitrogens with zero attached hydrogens (tertiary/aromatic N) is 1. The van der Waals surface area contributed by atoms with E-state index in [9.17, 15) is 4.79 Å². The molecule has 4 heteroatoms. The summed E-state index contributed by atoms with van der Waals surface area (Å²) < 4.78 is 0. The van der Waals surface area contributed by atoms with Gasteiger partial charge in [0.25, 0.3) is 5.82 Å². The Hall–Kier alpha value is -2.75. The van der Waals surface area contributed by atoms with E-state index >= 15 is 0 Å². The summed E-state index contributed by atoms with van der Waals surface area (Å²) in [4.78, 5) is 19.4. The van der Waals surface area contributed by atoms with E-state index in [1.54, 1.807) is 18.3 Å². The summed E-state index contributed by atoms with van der Waals surface area (Å²) in [6, 6.07) is 16.8. The fourth-order valence-corrected chi connectivity index (χ4v) is 1.85. The summed E-state index contributed by atoms with van der Waals surface area (Å²) in [6.45, 7) is 0. The Labute approximate surface area is 110 Å². The molecule has 0 aliphatic heterocycles. The molecule has 1 amide bonds. The Bertz CT molecular complexity index is 726. The molecule has 92 valence electrons. The van der Waals surface area contributed by atoms with E-state index in [0.29, 0.717) is 11.5 Å². The fourth-order valence-electron chi connectivity index (χ4n) is 1.85. The first-order valence-electron chi connectivity index (χ1n) is 5.97. The maximum atomic E-state index is 12.1. The third-order valence-electron chi connectivity index (χ3n) is 2.79. The highest BCUT2D eigenvalue weighted by atomic mass is 16.1. The predicted octanol–water partition coefficient (Wildman–Crippen LogP) is 2.30. The minimum absolute atomic E-state index is 0.229. The zero-order chi connectivity index (χ0) is 13.1. The number of fused-ring (bicyclic) bond motifs is 1. The average molecular weight is 250 g/mol. The molecular weight excluding hydrogens is 238 g/mol. The predicted molar refractivity (Wildman–Crippen MR) is 72.7 cm³/mol. The lowest BCUT2D eigenvalue weighted by Gasteiger charge is -2.00. The molecule has 0 unspecified atom stereocenters. The molecule has 0 saturated carbocycles. The van der Waals surface area contributed by atoms with Gasteiger partial charge in [0.05, 0.1) is 11.7 Å². The average Bonchev–Trinajstić information content (AvgIpc) is 2.48. The molecule has 0 aliphatic carbocycles. The fraction of sp³-hybridized carbons (Fsp3) is 0. The van der Waals surface area contributed by atoms with Crippen molar-refractivity contribution in [2.24, 2.45) is 0 Å². The molecule has 0 radical (unpaired) electrons. The van der Waals surface area contributed by atoms with Crippen molar-refractivity contribution in [1.29, 1.82) is 0 Å². The van der Waals surface area contributed by atoms with Gasteiger partial charge in [-0.15, -0.1) is 0 Å². The van der Waals surface area contributed by atoms with E-state index < -0.39 is 0 Å². The second kappa shape index (κ2) is 4.86. The van der Waals surface area contributed by atoms with Crippen LogP contribution in [0, 0.1) is 0 Å². The lowest BCUT2D eigenvalue weighted by atomic mass is 10.2. The minimum atomic E-state index is -0.229. The summed E-state index contributed by atoms with van der Waals surface area (Å²) in [5, 5.41) is 3.78. The monoisotopic (exact) mass is 250 g/mol. The molecule has 0 atom stereocenters. The van der Waals surface area contributed by atoms with Crippen LogP contribution in [-0.2, 0) is 0 Å². The first-order valence-corrected chi connectivity index (χ1v) is 5.97. The zero-order valence-corrected chi connectivity index (χ0v) is 10.1. The van der Waals surface area contributed by atoms with Crippen LogP contribution in [0.25, 0.3) is 10.9 Å². The van der Waals surface area contributed by atoms with E-state index in [0.717, 1.165) is 10.9 Å². The van der Waals surface area contributed by atoms with Crippen LogP contribution in [0.2, 0.25) is 0 Å². The highest BCUT2D eigenvalue weighted by Crippen LogP contribution is 2.12. The molecule has 3 rings (SSSR count). The van der Waals surface area contributed by atoms with Crippen molar-refractivity contribution in [2.75, 3.05) is 5.32 Å². The molecule has 0 aliphatic rings. The van der Waals surface area contributed by atoms with Crippen LogP contribution in [0.5, 0.6) is 0 Å². The lowest BCUT2D eigenvalue weighted by Crippen LogP contribution is -2.19. The number of aromatic nitrogens is 2. The third-order valence-corrected chi connectivity index (χ3v) is 2.79. The van der Waals surface area contributed by atoms with Crippen LogP contribution in [0.15, 0.2) is 60.8 Å². The maximum Gasteiger partial charge on any atom is 0.357 e. The van der Waals surface area contributed by atoms with Crippen LogP contribution in [0.3, 0.4) is 0 Å². The molecule has 2 aromatic heterocycles. The summed E-state index contributed by atoms with van der Waals surface area (Å²) in [7, 11) is 0. The smallest absolute Gasteiger partial charge is 0.247 e. The van der Waals surface area contributed by atoms with E-state index in [1.807, 2.05) is 42.5 Å². The van der Waals surface area contributed by atoms with E-state index in [2.05, 4.69) is 15.3 Å². The van der Waals surface area contributed by atoms with E-state index in [-0.39, 0.29) is 5.91 Å². The first kappa shape index (κ1) is 11.3. The topological polar surface area (TPSA) is 56.1 Å². The normalized spacial score (nSPS) is 10.3. The van der Waals surface area contributed by atoms with Crippen LogP contribution >= 0.6 is 0 Å². The molecule has 1 aromatic carbocycles. The minimum Gasteiger partial charge on any atom is -0.247 e. The molecule has 2 N–H and O–H groups in total. The number of benzene rings is 1. The molecule has 0 spiro atoms. The highest BCUT2D eigenvalue weighted by Gasteiger charge is 2.14. The van der Waals surface area contributed by atoms with E-state index in [4.69, 9.17) is 0 Å². The first-order chi connectivity index (χ1) is 9.33. The van der Waals surface area contributed by atoms with Crippen molar-refractivity contribution in [1.82, 2.24) is 4.98 Å². The number of carbonyl (C=O) groups is 1. The Morgan fingerprint density at radius 1 is 1.00 bits per heavy atom. The van der Waals surface area contributed by atoms with Crippen LogP contribution < -0.4 is 10.3 Å². The van der Waals surface area contributed by atoms with Gasteiger partial charge in [0.1, 0.15) is 0 Å². The molecule has 0 saturated heterocycles. The van der Waals surface area contributed by atoms with Crippen molar-refractivity contribution in [3.63, 3.8) is 0 Å². The van der Waals surface area contributed by atoms with Gasteiger partial charge in [0.15, 0.2) is 5.69 Å². The van der Waals surface area contributed by atoms with Gasteiger partial charge in [-0.1, -0.05) is 30.3 Å². The molecular formula is C15H12N3O+. The Balaban J connectivity index is 1.89. The molecule has 4 nitrogen and oxygen atoms in total. The summed E-state index contributed by atoms with van der Waals surface area (Å²) in [6.07, 6.45) is 1.75. The van der Waals surface area contributed by atoms with Crippen LogP contribution in [0.1, 0.15) is 10.5 Å². The van der Waals surface area contributed by atoms with E-state index in [1.165, 1.54) is 0 Å². The standard InChI is InChI=1S/C15H11N3O/c19-15(18-14-7-3-4-10-16-14)13-9-8-11-5-1-2-6-12(11)17-13/h1-10H,(H,16,18,19)/p+1. The second-order valence-corrected chi connectivity index (χ2v) is 4.12. The number of hydrogen-bond donors (Lipinski definition) is 1. The molecule has 0 fully saturated rings. The van der Waals surface area contributed by atoms with Gasteiger partial charge in [0.2, 0.25) is 0 Å². The summed E-state index contributed by atoms with van der Waals surface area (Å²) >= 11 is 0. The summed E-state index contributed by atoms with van der Waals surface area (Å²) in [5.41, 5.74) is 1.21. The Morgan fingerprint density at radius 3 is 2.68 bits per heavy atom.